The van der Waals surface area contributed by atoms with Crippen molar-refractivity contribution in [1.29, 1.82) is 0 Å². The second kappa shape index (κ2) is 7.22. The van der Waals surface area contributed by atoms with Gasteiger partial charge in [0.1, 0.15) is 0 Å². The molecule has 98 valence electrons. The number of thiophene rings is 1. The summed E-state index contributed by atoms with van der Waals surface area (Å²) < 4.78 is 0. The molecule has 0 amide bonds. The van der Waals surface area contributed by atoms with Gasteiger partial charge in [-0.25, -0.2) is 0 Å². The van der Waals surface area contributed by atoms with E-state index in [-0.39, 0.29) is 0 Å². The Kier molecular flexibility index (Phi) is 5.93. The van der Waals surface area contributed by atoms with Gasteiger partial charge in [0.2, 0.25) is 0 Å². The van der Waals surface area contributed by atoms with Crippen molar-refractivity contribution in [3.05, 3.63) is 52.2 Å². The van der Waals surface area contributed by atoms with Gasteiger partial charge in [-0.05, 0) is 41.0 Å². The number of anilines is 1. The van der Waals surface area contributed by atoms with E-state index in [1.807, 2.05) is 23.5 Å². The summed E-state index contributed by atoms with van der Waals surface area (Å²) >= 11 is 1.83. The molecule has 0 saturated heterocycles. The lowest BCUT2D eigenvalue weighted by atomic mass is 10.0. The third-order valence-corrected chi connectivity index (χ3v) is 3.89. The Morgan fingerprint density at radius 2 is 1.50 bits per heavy atom. The molecule has 0 spiro atoms. The molecule has 2 aromatic rings. The van der Waals surface area contributed by atoms with Crippen LogP contribution in [-0.4, -0.2) is 0 Å². The van der Waals surface area contributed by atoms with E-state index in [9.17, 15) is 0 Å². The van der Waals surface area contributed by atoms with Crippen LogP contribution in [0.15, 0.2) is 41.8 Å². The Bertz CT molecular complexity index is 427. The SMILES string of the molecule is CC(C)c1ccc(N)cc1.CC(C)c1cccs1. The summed E-state index contributed by atoms with van der Waals surface area (Å²) in [6.45, 7) is 8.77. The Hall–Kier alpha value is -1.28. The zero-order chi connectivity index (χ0) is 13.5. The highest BCUT2D eigenvalue weighted by Gasteiger charge is 1.96. The van der Waals surface area contributed by atoms with Crippen LogP contribution >= 0.6 is 11.3 Å². The van der Waals surface area contributed by atoms with Crippen LogP contribution in [0.5, 0.6) is 0 Å². The molecule has 0 atom stereocenters. The van der Waals surface area contributed by atoms with Gasteiger partial charge >= 0.3 is 0 Å². The van der Waals surface area contributed by atoms with Crippen molar-refractivity contribution < 1.29 is 0 Å². The third kappa shape index (κ3) is 4.92. The molecule has 0 saturated carbocycles. The quantitative estimate of drug-likeness (QED) is 0.733. The van der Waals surface area contributed by atoms with E-state index in [4.69, 9.17) is 5.73 Å². The first-order valence-corrected chi connectivity index (χ1v) is 7.27. The lowest BCUT2D eigenvalue weighted by Gasteiger charge is -2.03. The highest BCUT2D eigenvalue weighted by atomic mass is 32.1. The van der Waals surface area contributed by atoms with E-state index in [1.165, 1.54) is 10.4 Å². The van der Waals surface area contributed by atoms with Crippen molar-refractivity contribution in [2.75, 3.05) is 5.73 Å². The molecule has 1 aromatic heterocycles. The van der Waals surface area contributed by atoms with Gasteiger partial charge in [-0.3, -0.25) is 0 Å². The molecule has 2 N–H and O–H groups in total. The van der Waals surface area contributed by atoms with Crippen molar-refractivity contribution >= 4 is 17.0 Å². The van der Waals surface area contributed by atoms with Crippen LogP contribution in [-0.2, 0) is 0 Å². The van der Waals surface area contributed by atoms with Crippen molar-refractivity contribution in [1.82, 2.24) is 0 Å². The molecule has 0 radical (unpaired) electrons. The number of benzene rings is 1. The Balaban J connectivity index is 0.000000184. The van der Waals surface area contributed by atoms with Gasteiger partial charge < -0.3 is 5.73 Å². The molecule has 0 fully saturated rings. The summed E-state index contributed by atoms with van der Waals surface area (Å²) in [6.07, 6.45) is 0. The molecule has 1 heterocycles. The van der Waals surface area contributed by atoms with Crippen LogP contribution in [0.4, 0.5) is 5.69 Å². The Morgan fingerprint density at radius 1 is 0.889 bits per heavy atom. The average molecular weight is 261 g/mol. The lowest BCUT2D eigenvalue weighted by molar-refractivity contribution is 0.867. The van der Waals surface area contributed by atoms with Gasteiger partial charge in [0.05, 0.1) is 0 Å². The first-order valence-electron chi connectivity index (χ1n) is 6.39. The van der Waals surface area contributed by atoms with E-state index in [0.717, 1.165) is 5.69 Å². The smallest absolute Gasteiger partial charge is 0.0314 e. The van der Waals surface area contributed by atoms with Crippen LogP contribution in [0, 0.1) is 0 Å². The third-order valence-electron chi connectivity index (χ3n) is 2.72. The second-order valence-electron chi connectivity index (χ2n) is 4.99. The number of hydrogen-bond donors (Lipinski definition) is 1. The summed E-state index contributed by atoms with van der Waals surface area (Å²) in [4.78, 5) is 1.48. The van der Waals surface area contributed by atoms with Crippen molar-refractivity contribution in [2.24, 2.45) is 0 Å². The minimum Gasteiger partial charge on any atom is -0.399 e. The van der Waals surface area contributed by atoms with Gasteiger partial charge in [0.15, 0.2) is 0 Å². The maximum absolute atomic E-state index is 5.53. The fraction of sp³-hybridized carbons (Fsp3) is 0.375. The molecule has 0 aliphatic rings. The van der Waals surface area contributed by atoms with Crippen molar-refractivity contribution in [3.8, 4) is 0 Å². The van der Waals surface area contributed by atoms with E-state index < -0.39 is 0 Å². The van der Waals surface area contributed by atoms with Gasteiger partial charge in [0.25, 0.3) is 0 Å². The predicted octanol–water partition coefficient (Wildman–Crippen LogP) is 5.26. The van der Waals surface area contributed by atoms with Crippen LogP contribution in [0.25, 0.3) is 0 Å². The fourth-order valence-electron chi connectivity index (χ4n) is 1.50. The Morgan fingerprint density at radius 3 is 1.83 bits per heavy atom. The summed E-state index contributed by atoms with van der Waals surface area (Å²) in [7, 11) is 0. The van der Waals surface area contributed by atoms with Crippen LogP contribution in [0.2, 0.25) is 0 Å². The predicted molar refractivity (Wildman–Crippen MR) is 83.4 cm³/mol. The van der Waals surface area contributed by atoms with Crippen LogP contribution in [0.3, 0.4) is 0 Å². The summed E-state index contributed by atoms with van der Waals surface area (Å²) in [5.41, 5.74) is 7.71. The molecular formula is C16H23NS. The molecule has 0 aliphatic carbocycles. The molecule has 2 heteroatoms. The summed E-state index contributed by atoms with van der Waals surface area (Å²) in [6, 6.07) is 12.3. The van der Waals surface area contributed by atoms with Crippen LogP contribution in [0.1, 0.15) is 50.0 Å². The van der Waals surface area contributed by atoms with E-state index in [2.05, 4.69) is 57.3 Å². The second-order valence-corrected chi connectivity index (χ2v) is 5.97. The van der Waals surface area contributed by atoms with Gasteiger partial charge in [0, 0.05) is 10.6 Å². The molecule has 2 rings (SSSR count). The Labute approximate surface area is 115 Å². The highest BCUT2D eigenvalue weighted by molar-refractivity contribution is 7.10. The summed E-state index contributed by atoms with van der Waals surface area (Å²) in [5.74, 6) is 1.30. The van der Waals surface area contributed by atoms with E-state index in [0.29, 0.717) is 11.8 Å². The monoisotopic (exact) mass is 261 g/mol. The highest BCUT2D eigenvalue weighted by Crippen LogP contribution is 2.18. The molecule has 0 aliphatic heterocycles. The number of hydrogen-bond acceptors (Lipinski definition) is 2. The lowest BCUT2D eigenvalue weighted by Crippen LogP contribution is -1.88. The fourth-order valence-corrected chi connectivity index (χ4v) is 2.24. The summed E-state index contributed by atoms with van der Waals surface area (Å²) in [5, 5.41) is 2.12. The molecule has 0 unspecified atom stereocenters. The van der Waals surface area contributed by atoms with Crippen molar-refractivity contribution in [2.45, 2.75) is 39.5 Å². The molecule has 0 bridgehead atoms. The molecular weight excluding hydrogens is 238 g/mol. The number of nitrogens with two attached hydrogens (primary N) is 1. The van der Waals surface area contributed by atoms with Gasteiger partial charge in [-0.2, -0.15) is 0 Å². The molecule has 1 aromatic carbocycles. The topological polar surface area (TPSA) is 26.0 Å². The van der Waals surface area contributed by atoms with E-state index >= 15 is 0 Å². The standard InChI is InChI=1S/C9H13N.C7H10S/c1-7(2)8-3-5-9(10)6-4-8;1-6(2)7-4-3-5-8-7/h3-7H,10H2,1-2H3;3-6H,1-2H3. The zero-order valence-corrected chi connectivity index (χ0v) is 12.5. The van der Waals surface area contributed by atoms with E-state index in [1.54, 1.807) is 0 Å². The molecule has 1 nitrogen and oxygen atoms in total. The number of nitrogen functional groups attached to an aromatic ring is 1. The maximum atomic E-state index is 5.53. The zero-order valence-electron chi connectivity index (χ0n) is 11.7. The average Bonchev–Trinajstić information content (AvgIpc) is 2.84. The van der Waals surface area contributed by atoms with Crippen molar-refractivity contribution in [3.63, 3.8) is 0 Å². The minimum atomic E-state index is 0.598. The first kappa shape index (κ1) is 14.8. The van der Waals surface area contributed by atoms with Gasteiger partial charge in [-0.15, -0.1) is 11.3 Å². The first-order chi connectivity index (χ1) is 8.50. The minimum absolute atomic E-state index is 0.598. The maximum Gasteiger partial charge on any atom is 0.0314 e. The molecule has 18 heavy (non-hydrogen) atoms. The van der Waals surface area contributed by atoms with Gasteiger partial charge in [-0.1, -0.05) is 45.9 Å². The number of rotatable bonds is 2. The largest absolute Gasteiger partial charge is 0.399 e. The normalized spacial score (nSPS) is 10.3. The van der Waals surface area contributed by atoms with Crippen LogP contribution < -0.4 is 5.73 Å².